The van der Waals surface area contributed by atoms with E-state index in [2.05, 4.69) is 71.7 Å². The van der Waals surface area contributed by atoms with Crippen molar-refractivity contribution in [3.63, 3.8) is 0 Å². The zero-order chi connectivity index (χ0) is 19.8. The molecule has 5 nitrogen and oxygen atoms in total. The first-order valence-electron chi connectivity index (χ1n) is 11.2. The standard InChI is InChI=1S/C23H39N5.HI/c1-4-24-23(25-13-10-20-11-14-27(3)15-12-20)26-22-16-19(2)28(18-22)17-21-8-6-5-7-9-21;/h5-9,19-20,22H,4,10-18H2,1-3H3,(H2,24,25,26);1H. The summed E-state index contributed by atoms with van der Waals surface area (Å²) in [6, 6.07) is 11.9. The number of rotatable bonds is 7. The molecule has 2 unspecified atom stereocenters. The molecule has 6 heteroatoms. The van der Waals surface area contributed by atoms with Crippen LogP contribution >= 0.6 is 24.0 Å². The summed E-state index contributed by atoms with van der Waals surface area (Å²) in [5.74, 6) is 1.84. The van der Waals surface area contributed by atoms with Crippen LogP contribution in [0.5, 0.6) is 0 Å². The normalized spacial score (nSPS) is 24.3. The number of nitrogens with zero attached hydrogens (tertiary/aromatic N) is 3. The Morgan fingerprint density at radius 2 is 1.90 bits per heavy atom. The average molecular weight is 514 g/mol. The minimum absolute atomic E-state index is 0. The van der Waals surface area contributed by atoms with Gasteiger partial charge in [0, 0.05) is 38.3 Å². The number of likely N-dealkylation sites (tertiary alicyclic amines) is 2. The zero-order valence-electron chi connectivity index (χ0n) is 18.4. The van der Waals surface area contributed by atoms with Crippen molar-refractivity contribution in [2.75, 3.05) is 39.8 Å². The van der Waals surface area contributed by atoms with Gasteiger partial charge in [0.05, 0.1) is 0 Å². The lowest BCUT2D eigenvalue weighted by Gasteiger charge is -2.28. The molecule has 2 saturated heterocycles. The summed E-state index contributed by atoms with van der Waals surface area (Å²) in [6.45, 7) is 10.9. The molecule has 1 aromatic rings. The van der Waals surface area contributed by atoms with Crippen molar-refractivity contribution >= 4 is 29.9 Å². The van der Waals surface area contributed by atoms with Gasteiger partial charge < -0.3 is 15.5 Å². The van der Waals surface area contributed by atoms with E-state index < -0.39 is 0 Å². The number of guanidine groups is 1. The zero-order valence-corrected chi connectivity index (χ0v) is 20.8. The maximum absolute atomic E-state index is 4.89. The molecule has 1 aromatic carbocycles. The molecular formula is C23H40IN5. The topological polar surface area (TPSA) is 42.9 Å². The third kappa shape index (κ3) is 8.06. The van der Waals surface area contributed by atoms with Gasteiger partial charge in [-0.25, -0.2) is 0 Å². The van der Waals surface area contributed by atoms with Gasteiger partial charge in [0.15, 0.2) is 5.96 Å². The first-order chi connectivity index (χ1) is 13.6. The molecule has 2 fully saturated rings. The van der Waals surface area contributed by atoms with Crippen LogP contribution in [-0.2, 0) is 6.54 Å². The molecule has 164 valence electrons. The van der Waals surface area contributed by atoms with Crippen LogP contribution in [0.2, 0.25) is 0 Å². The number of aliphatic imine (C=N–C) groups is 1. The van der Waals surface area contributed by atoms with Crippen molar-refractivity contribution in [3.8, 4) is 0 Å². The maximum Gasteiger partial charge on any atom is 0.191 e. The fourth-order valence-corrected chi connectivity index (χ4v) is 4.46. The lowest BCUT2D eigenvalue weighted by molar-refractivity contribution is 0.214. The van der Waals surface area contributed by atoms with Gasteiger partial charge in [-0.05, 0) is 71.1 Å². The lowest BCUT2D eigenvalue weighted by Crippen LogP contribution is -2.44. The van der Waals surface area contributed by atoms with Gasteiger partial charge in [0.1, 0.15) is 0 Å². The Morgan fingerprint density at radius 1 is 1.17 bits per heavy atom. The van der Waals surface area contributed by atoms with Crippen LogP contribution in [0.3, 0.4) is 0 Å². The number of hydrogen-bond donors (Lipinski definition) is 2. The van der Waals surface area contributed by atoms with E-state index in [0.717, 1.165) is 38.1 Å². The highest BCUT2D eigenvalue weighted by Gasteiger charge is 2.29. The molecule has 0 radical (unpaired) electrons. The highest BCUT2D eigenvalue weighted by atomic mass is 127. The number of hydrogen-bond acceptors (Lipinski definition) is 3. The third-order valence-electron chi connectivity index (χ3n) is 6.26. The molecule has 29 heavy (non-hydrogen) atoms. The van der Waals surface area contributed by atoms with Gasteiger partial charge in [0.25, 0.3) is 0 Å². The van der Waals surface area contributed by atoms with Crippen molar-refractivity contribution in [1.82, 2.24) is 20.4 Å². The van der Waals surface area contributed by atoms with Crippen LogP contribution in [0.25, 0.3) is 0 Å². The third-order valence-corrected chi connectivity index (χ3v) is 6.26. The summed E-state index contributed by atoms with van der Waals surface area (Å²) >= 11 is 0. The van der Waals surface area contributed by atoms with Crippen molar-refractivity contribution in [2.45, 2.75) is 58.2 Å². The molecule has 0 saturated carbocycles. The predicted octanol–water partition coefficient (Wildman–Crippen LogP) is 3.55. The van der Waals surface area contributed by atoms with Crippen LogP contribution in [0.15, 0.2) is 35.3 Å². The highest BCUT2D eigenvalue weighted by Crippen LogP contribution is 2.21. The Labute approximate surface area is 194 Å². The van der Waals surface area contributed by atoms with E-state index in [1.54, 1.807) is 0 Å². The number of nitrogens with one attached hydrogen (secondary N) is 2. The van der Waals surface area contributed by atoms with Crippen LogP contribution in [-0.4, -0.2) is 67.6 Å². The second kappa shape index (κ2) is 12.7. The molecule has 2 aliphatic rings. The monoisotopic (exact) mass is 513 g/mol. The SMILES string of the molecule is CCNC(=NCCC1CCN(C)CC1)NC1CC(C)N(Cc2ccccc2)C1.I. The van der Waals surface area contributed by atoms with E-state index in [1.807, 2.05) is 0 Å². The summed E-state index contributed by atoms with van der Waals surface area (Å²) in [5.41, 5.74) is 1.40. The average Bonchev–Trinajstić information content (AvgIpc) is 3.03. The van der Waals surface area contributed by atoms with Gasteiger partial charge in [-0.15, -0.1) is 24.0 Å². The molecule has 2 N–H and O–H groups in total. The van der Waals surface area contributed by atoms with Crippen molar-refractivity contribution in [2.24, 2.45) is 10.9 Å². The highest BCUT2D eigenvalue weighted by molar-refractivity contribution is 14.0. The molecule has 2 atom stereocenters. The molecule has 2 aliphatic heterocycles. The number of halogens is 1. The minimum Gasteiger partial charge on any atom is -0.357 e. The second-order valence-corrected chi connectivity index (χ2v) is 8.64. The summed E-state index contributed by atoms with van der Waals surface area (Å²) in [7, 11) is 2.23. The molecular weight excluding hydrogens is 473 g/mol. The van der Waals surface area contributed by atoms with Crippen molar-refractivity contribution in [1.29, 1.82) is 0 Å². The second-order valence-electron chi connectivity index (χ2n) is 8.64. The van der Waals surface area contributed by atoms with Crippen LogP contribution < -0.4 is 10.6 Å². The van der Waals surface area contributed by atoms with Gasteiger partial charge in [-0.3, -0.25) is 9.89 Å². The molecule has 0 aromatic heterocycles. The Kier molecular flexibility index (Phi) is 10.7. The Bertz CT molecular complexity index is 601. The van der Waals surface area contributed by atoms with Gasteiger partial charge in [-0.1, -0.05) is 30.3 Å². The van der Waals surface area contributed by atoms with E-state index in [-0.39, 0.29) is 24.0 Å². The number of piperidine rings is 1. The molecule has 2 heterocycles. The summed E-state index contributed by atoms with van der Waals surface area (Å²) in [6.07, 6.45) is 5.03. The van der Waals surface area contributed by atoms with Crippen molar-refractivity contribution < 1.29 is 0 Å². The molecule has 3 rings (SSSR count). The van der Waals surface area contributed by atoms with E-state index in [1.165, 1.54) is 44.3 Å². The van der Waals surface area contributed by atoms with Gasteiger partial charge >= 0.3 is 0 Å². The van der Waals surface area contributed by atoms with E-state index >= 15 is 0 Å². The van der Waals surface area contributed by atoms with E-state index in [0.29, 0.717) is 12.1 Å². The number of benzene rings is 1. The predicted molar refractivity (Wildman–Crippen MR) is 134 cm³/mol. The van der Waals surface area contributed by atoms with Crippen molar-refractivity contribution in [3.05, 3.63) is 35.9 Å². The quantitative estimate of drug-likeness (QED) is 0.333. The Hall–Kier alpha value is -0.860. The summed E-state index contributed by atoms with van der Waals surface area (Å²) in [5, 5.41) is 7.14. The van der Waals surface area contributed by atoms with E-state index in [4.69, 9.17) is 4.99 Å². The fourth-order valence-electron chi connectivity index (χ4n) is 4.46. The first-order valence-corrected chi connectivity index (χ1v) is 11.2. The summed E-state index contributed by atoms with van der Waals surface area (Å²) < 4.78 is 0. The minimum atomic E-state index is 0. The maximum atomic E-state index is 4.89. The molecule has 0 spiro atoms. The van der Waals surface area contributed by atoms with Gasteiger partial charge in [0.2, 0.25) is 0 Å². The molecule has 0 bridgehead atoms. The summed E-state index contributed by atoms with van der Waals surface area (Å²) in [4.78, 5) is 9.90. The molecule has 0 amide bonds. The van der Waals surface area contributed by atoms with E-state index in [9.17, 15) is 0 Å². The smallest absolute Gasteiger partial charge is 0.191 e. The molecule has 0 aliphatic carbocycles. The Balaban J connectivity index is 0.00000300. The van der Waals surface area contributed by atoms with Crippen LogP contribution in [0.1, 0.15) is 45.1 Å². The fraction of sp³-hybridized carbons (Fsp3) is 0.696. The van der Waals surface area contributed by atoms with Crippen LogP contribution in [0.4, 0.5) is 0 Å². The first kappa shape index (κ1) is 24.4. The Morgan fingerprint density at radius 3 is 2.59 bits per heavy atom. The lowest BCUT2D eigenvalue weighted by atomic mass is 9.94. The van der Waals surface area contributed by atoms with Crippen LogP contribution in [0, 0.1) is 5.92 Å². The van der Waals surface area contributed by atoms with Gasteiger partial charge in [-0.2, -0.15) is 0 Å². The largest absolute Gasteiger partial charge is 0.357 e.